The third-order valence-corrected chi connectivity index (χ3v) is 12.0. The van der Waals surface area contributed by atoms with E-state index in [0.717, 1.165) is 83.6 Å². The van der Waals surface area contributed by atoms with Crippen LogP contribution in [0.25, 0.3) is 0 Å². The Bertz CT molecular complexity index is 2210. The van der Waals surface area contributed by atoms with Gasteiger partial charge in [0.1, 0.15) is 11.6 Å². The molecule has 8 heterocycles. The van der Waals surface area contributed by atoms with Crippen LogP contribution in [0.5, 0.6) is 0 Å². The zero-order valence-corrected chi connectivity index (χ0v) is 43.4. The van der Waals surface area contributed by atoms with Crippen LogP contribution >= 0.6 is 43.5 Å². The van der Waals surface area contributed by atoms with Crippen LogP contribution in [0.2, 0.25) is 5.28 Å². The number of nitrogens with zero attached hydrogens (tertiary/aromatic N) is 11. The molecule has 10 rings (SSSR count). The molecule has 0 aliphatic carbocycles. The van der Waals surface area contributed by atoms with Gasteiger partial charge < -0.3 is 31.1 Å². The van der Waals surface area contributed by atoms with Crippen molar-refractivity contribution >= 4 is 79.0 Å². The smallest absolute Gasteiger partial charge is 0.225 e. The fourth-order valence-electron chi connectivity index (χ4n) is 7.24. The van der Waals surface area contributed by atoms with E-state index in [9.17, 15) is 13.6 Å². The molecule has 70 heavy (non-hydrogen) atoms. The number of nitrogens with two attached hydrogens (primary N) is 1. The van der Waals surface area contributed by atoms with Crippen LogP contribution in [0.4, 0.5) is 38.0 Å². The summed E-state index contributed by atoms with van der Waals surface area (Å²) in [5.41, 5.74) is 8.28. The van der Waals surface area contributed by atoms with Gasteiger partial charge in [-0.25, -0.2) is 48.7 Å². The van der Waals surface area contributed by atoms with Gasteiger partial charge in [0.15, 0.2) is 6.29 Å². The summed E-state index contributed by atoms with van der Waals surface area (Å²) >= 11 is 11.9. The van der Waals surface area contributed by atoms with E-state index >= 15 is 0 Å². The van der Waals surface area contributed by atoms with Crippen LogP contribution in [0.15, 0.2) is 107 Å². The molecule has 4 aliphatic heterocycles. The summed E-state index contributed by atoms with van der Waals surface area (Å²) in [4.78, 5) is 50.2. The summed E-state index contributed by atoms with van der Waals surface area (Å²) in [6.07, 6.45) is 29.9. The predicted octanol–water partition coefficient (Wildman–Crippen LogP) is 10.8. The van der Waals surface area contributed by atoms with Crippen LogP contribution in [-0.4, -0.2) is 98.5 Å². The van der Waals surface area contributed by atoms with Gasteiger partial charge in [-0.1, -0.05) is 6.42 Å². The zero-order chi connectivity index (χ0) is 49.6. The van der Waals surface area contributed by atoms with E-state index in [1.807, 2.05) is 12.4 Å². The highest BCUT2D eigenvalue weighted by Crippen LogP contribution is 2.18. The van der Waals surface area contributed by atoms with Crippen LogP contribution in [0.3, 0.4) is 0 Å². The number of benzene rings is 2. The zero-order valence-electron chi connectivity index (χ0n) is 39.5. The van der Waals surface area contributed by atoms with E-state index in [-0.39, 0.29) is 16.9 Å². The molecule has 4 aromatic heterocycles. The van der Waals surface area contributed by atoms with Gasteiger partial charge in [-0.05, 0) is 176 Å². The molecule has 0 bridgehead atoms. The minimum Gasteiger partial charge on any atom is -0.399 e. The molecule has 0 unspecified atom stereocenters. The molecule has 6 aromatic rings. The van der Waals surface area contributed by atoms with E-state index in [1.165, 1.54) is 127 Å². The summed E-state index contributed by atoms with van der Waals surface area (Å²) in [5, 5.41) is 6.78. The number of carbonyl (C=O) groups is 1. The molecule has 4 saturated heterocycles. The fraction of sp³-hybridized carbons (Fsp3) is 0.420. The van der Waals surface area contributed by atoms with E-state index in [4.69, 9.17) is 17.3 Å². The van der Waals surface area contributed by atoms with E-state index in [1.54, 1.807) is 49.3 Å². The highest BCUT2D eigenvalue weighted by atomic mass is 79.9. The maximum Gasteiger partial charge on any atom is 0.225 e. The second-order valence-corrected chi connectivity index (χ2v) is 18.7. The molecule has 4 fully saturated rings. The van der Waals surface area contributed by atoms with E-state index < -0.39 is 0 Å². The molecule has 0 atom stereocenters. The quantitative estimate of drug-likeness (QED) is 0.0780. The first-order valence-corrected chi connectivity index (χ1v) is 25.8. The van der Waals surface area contributed by atoms with Gasteiger partial charge in [-0.15, -0.1) is 0 Å². The Morgan fingerprint density at radius 1 is 0.543 bits per heavy atom. The third-order valence-electron chi connectivity index (χ3n) is 11.0. The van der Waals surface area contributed by atoms with Gasteiger partial charge >= 0.3 is 0 Å². The molecule has 20 heteroatoms. The van der Waals surface area contributed by atoms with Crippen molar-refractivity contribution in [2.45, 2.75) is 83.6 Å². The topological polar surface area (TPSA) is 180 Å². The van der Waals surface area contributed by atoms with Gasteiger partial charge in [0.05, 0.1) is 14.5 Å². The Hall–Kier alpha value is -5.50. The first-order chi connectivity index (χ1) is 34.1. The summed E-state index contributed by atoms with van der Waals surface area (Å²) in [6.45, 7) is 9.48. The summed E-state index contributed by atoms with van der Waals surface area (Å²) in [6, 6.07) is 12.0. The first kappa shape index (κ1) is 55.4. The number of halogens is 5. The molecule has 0 saturated carbocycles. The maximum absolute atomic E-state index is 12.8. The normalized spacial score (nSPS) is 15.2. The van der Waals surface area contributed by atoms with Crippen LogP contribution in [0, 0.1) is 11.6 Å². The number of rotatable bonds is 7. The molecule has 0 radical (unpaired) electrons. The van der Waals surface area contributed by atoms with Crippen molar-refractivity contribution < 1.29 is 13.6 Å². The van der Waals surface area contributed by atoms with Crippen LogP contribution < -0.4 is 31.1 Å². The number of carbonyl (C=O) groups excluding carboxylic acids is 1. The molecular formula is C50H63Br2ClF2N14O. The number of nitrogens with one attached hydrogen (secondary N) is 2. The molecule has 15 nitrogen and oxygen atoms in total. The minimum absolute atomic E-state index is 0.227. The van der Waals surface area contributed by atoms with Crippen molar-refractivity contribution in [1.29, 1.82) is 0 Å². The summed E-state index contributed by atoms with van der Waals surface area (Å²) in [5.74, 6) is 1.95. The van der Waals surface area contributed by atoms with Crippen LogP contribution in [-0.2, 0) is 6.54 Å². The Kier molecular flexibility index (Phi) is 25.7. The largest absolute Gasteiger partial charge is 0.399 e. The molecular weight excluding hydrogens is 1050 g/mol. The Labute approximate surface area is 432 Å². The maximum atomic E-state index is 12.8. The highest BCUT2D eigenvalue weighted by molar-refractivity contribution is 9.10. The second kappa shape index (κ2) is 32.4. The summed E-state index contributed by atoms with van der Waals surface area (Å²) < 4.78 is 26.6. The van der Waals surface area contributed by atoms with Crippen molar-refractivity contribution in [3.8, 4) is 0 Å². The Balaban J connectivity index is 0.000000165. The molecule has 4 N–H and O–H groups in total. The molecule has 0 amide bonds. The molecule has 2 aromatic carbocycles. The van der Waals surface area contributed by atoms with Gasteiger partial charge in [0, 0.05) is 112 Å². The van der Waals surface area contributed by atoms with Crippen molar-refractivity contribution in [2.24, 2.45) is 0 Å². The van der Waals surface area contributed by atoms with Crippen molar-refractivity contribution in [2.75, 3.05) is 78.1 Å². The van der Waals surface area contributed by atoms with Gasteiger partial charge in [-0.2, -0.15) is 0 Å². The predicted molar refractivity (Wildman–Crippen MR) is 283 cm³/mol. The minimum atomic E-state index is -0.251. The number of anilines is 5. The fourth-order valence-corrected chi connectivity index (χ4v) is 7.75. The number of hydrogen-bond donors (Lipinski definition) is 3. The van der Waals surface area contributed by atoms with Gasteiger partial charge in [0.2, 0.25) is 23.1 Å². The highest BCUT2D eigenvalue weighted by Gasteiger charge is 2.15. The number of nitrogen functional groups attached to an aromatic ring is 1. The Morgan fingerprint density at radius 2 is 0.914 bits per heavy atom. The van der Waals surface area contributed by atoms with Crippen molar-refractivity contribution in [3.63, 3.8) is 0 Å². The molecule has 4 aliphatic rings. The lowest BCUT2D eigenvalue weighted by Crippen LogP contribution is -2.30. The van der Waals surface area contributed by atoms with Crippen LogP contribution in [0.1, 0.15) is 93.0 Å². The second-order valence-electron chi connectivity index (χ2n) is 16.6. The number of piperidine rings is 4. The lowest BCUT2D eigenvalue weighted by molar-refractivity contribution is 0.112. The number of aldehydes is 1. The van der Waals surface area contributed by atoms with Gasteiger partial charge in [-0.3, -0.25) is 4.79 Å². The van der Waals surface area contributed by atoms with E-state index in [2.05, 4.69) is 97.1 Å². The number of aromatic nitrogens is 8. The SMILES string of the molecule is Brc1cnc(N2CCCCC2)nc1.C1CCNCC1.Clc1ncc(Br)cn1.Fc1ccc(NCc2cnc(N3CCCCC3)nc2)cc1.Nc1ccc(F)cc1.O=Cc1cnc(N2CCCCC2)nc1. The van der Waals surface area contributed by atoms with Gasteiger partial charge in [0.25, 0.3) is 0 Å². The summed E-state index contributed by atoms with van der Waals surface area (Å²) in [7, 11) is 0. The standard InChI is InChI=1S/C16H19FN4.C10H13N3O.C9H12BrN3.C6H6FN.C5H11N.C4H2BrClN2/c17-14-4-6-15(7-5-14)18-10-13-11-19-16(20-12-13)21-8-2-1-3-9-21;14-8-9-6-11-10(12-7-9)13-4-2-1-3-5-13;10-8-6-11-9(12-7-8)13-4-2-1-3-5-13;7-5-1-3-6(8)4-2-5;1-2-4-6-5-3-1;5-3-1-7-4(6)8-2-3/h4-7,11-12,18H,1-3,8-10H2;6-8H,1-5H2;6-7H,1-5H2;1-4H,8H2;6H,1-5H2;1-2H. The average molecular weight is 1110 g/mol. The lowest BCUT2D eigenvalue weighted by atomic mass is 10.1. The van der Waals surface area contributed by atoms with E-state index in [0.29, 0.717) is 17.8 Å². The average Bonchev–Trinajstić information content (AvgIpc) is 3.43. The number of hydrogen-bond acceptors (Lipinski definition) is 15. The monoisotopic (exact) mass is 1110 g/mol. The first-order valence-electron chi connectivity index (χ1n) is 23.8. The van der Waals surface area contributed by atoms with Crippen molar-refractivity contribution in [3.05, 3.63) is 135 Å². The molecule has 374 valence electrons. The lowest BCUT2D eigenvalue weighted by Gasteiger charge is -2.26. The molecule has 0 spiro atoms. The third kappa shape index (κ3) is 22.1. The van der Waals surface area contributed by atoms with Crippen molar-refractivity contribution in [1.82, 2.24) is 45.2 Å². The Morgan fingerprint density at radius 3 is 1.27 bits per heavy atom.